The first kappa shape index (κ1) is 20.6. The van der Waals surface area contributed by atoms with Crippen LogP contribution in [-0.2, 0) is 14.8 Å². The van der Waals surface area contributed by atoms with Crippen molar-refractivity contribution in [2.24, 2.45) is 0 Å². The number of nitro groups is 1. The van der Waals surface area contributed by atoms with Crippen LogP contribution in [0.2, 0.25) is 5.02 Å². The van der Waals surface area contributed by atoms with Gasteiger partial charge < -0.3 is 5.32 Å². The molecule has 0 saturated heterocycles. The third-order valence-corrected chi connectivity index (χ3v) is 5.06. The number of carbonyl (C=O) groups is 1. The Bertz CT molecular complexity index is 959. The number of hydrogen-bond donors (Lipinski definition) is 2. The molecule has 0 radical (unpaired) electrons. The van der Waals surface area contributed by atoms with Crippen molar-refractivity contribution in [1.82, 2.24) is 10.0 Å². The molecule has 2 N–H and O–H groups in total. The van der Waals surface area contributed by atoms with Gasteiger partial charge in [0.25, 0.3) is 5.69 Å². The maximum atomic E-state index is 12.1. The molecule has 10 heteroatoms. The lowest BCUT2D eigenvalue weighted by Crippen LogP contribution is -2.34. The minimum Gasteiger partial charge on any atom is -0.351 e. The number of hydrogen-bond acceptors (Lipinski definition) is 5. The molecule has 2 aromatic rings. The van der Waals surface area contributed by atoms with E-state index in [1.807, 2.05) is 0 Å². The zero-order valence-electron chi connectivity index (χ0n) is 14.0. The third-order valence-electron chi connectivity index (χ3n) is 3.35. The summed E-state index contributed by atoms with van der Waals surface area (Å²) >= 11 is 5.77. The highest BCUT2D eigenvalue weighted by Gasteiger charge is 2.16. The average molecular weight is 410 g/mol. The molecule has 8 nitrogen and oxygen atoms in total. The van der Waals surface area contributed by atoms with E-state index in [2.05, 4.69) is 10.0 Å². The summed E-state index contributed by atoms with van der Waals surface area (Å²) in [4.78, 5) is 21.6. The number of nitrogens with zero attached hydrogens (tertiary/aromatic N) is 1. The largest absolute Gasteiger partial charge is 0.351 e. The van der Waals surface area contributed by atoms with Crippen molar-refractivity contribution in [1.29, 1.82) is 0 Å². The van der Waals surface area contributed by atoms with Gasteiger partial charge in [0.1, 0.15) is 0 Å². The number of nitrogens with one attached hydrogen (secondary N) is 2. The predicted octanol–water partition coefficient (Wildman–Crippen LogP) is 2.36. The summed E-state index contributed by atoms with van der Waals surface area (Å²) in [6.07, 6.45) is 2.91. The molecule has 0 aliphatic heterocycles. The second kappa shape index (κ2) is 9.26. The SMILES string of the molecule is O=C(C=Cc1ccc(Cl)cc1)NCCNS(=O)(=O)c1cccc([N+](=O)[O-])c1. The molecule has 0 atom stereocenters. The molecule has 2 aromatic carbocycles. The van der Waals surface area contributed by atoms with Crippen molar-refractivity contribution in [3.8, 4) is 0 Å². The molecule has 27 heavy (non-hydrogen) atoms. The minimum absolute atomic E-state index is 0.0535. The molecular formula is C17H16ClN3O5S. The average Bonchev–Trinajstić information content (AvgIpc) is 2.65. The van der Waals surface area contributed by atoms with E-state index < -0.39 is 14.9 Å². The first-order valence-electron chi connectivity index (χ1n) is 7.73. The Balaban J connectivity index is 1.83. The van der Waals surface area contributed by atoms with Crippen LogP contribution in [0.5, 0.6) is 0 Å². The lowest BCUT2D eigenvalue weighted by atomic mass is 10.2. The standard InChI is InChI=1S/C17H16ClN3O5S/c18-14-7-4-13(5-8-14)6-9-17(22)19-10-11-20-27(25,26)16-3-1-2-15(12-16)21(23)24/h1-9,12,20H,10-11H2,(H,19,22). The molecule has 0 saturated carbocycles. The molecule has 0 aromatic heterocycles. The Labute approximate surface area is 161 Å². The lowest BCUT2D eigenvalue weighted by Gasteiger charge is -2.07. The zero-order valence-corrected chi connectivity index (χ0v) is 15.5. The van der Waals surface area contributed by atoms with Gasteiger partial charge in [-0.25, -0.2) is 13.1 Å². The van der Waals surface area contributed by atoms with Crippen molar-refractivity contribution in [2.45, 2.75) is 4.90 Å². The molecule has 2 rings (SSSR count). The topological polar surface area (TPSA) is 118 Å². The Hall–Kier alpha value is -2.75. The van der Waals surface area contributed by atoms with Crippen molar-refractivity contribution >= 4 is 39.3 Å². The van der Waals surface area contributed by atoms with Crippen LogP contribution >= 0.6 is 11.6 Å². The first-order valence-corrected chi connectivity index (χ1v) is 9.60. The quantitative estimate of drug-likeness (QED) is 0.300. The van der Waals surface area contributed by atoms with Crippen molar-refractivity contribution < 1.29 is 18.1 Å². The van der Waals surface area contributed by atoms with Gasteiger partial charge in [-0.05, 0) is 29.8 Å². The maximum Gasteiger partial charge on any atom is 0.270 e. The van der Waals surface area contributed by atoms with Crippen LogP contribution in [0.4, 0.5) is 5.69 Å². The second-order valence-corrected chi connectivity index (χ2v) is 7.53. The van der Waals surface area contributed by atoms with E-state index in [0.29, 0.717) is 5.02 Å². The summed E-state index contributed by atoms with van der Waals surface area (Å²) in [5.74, 6) is -0.389. The molecule has 0 fully saturated rings. The monoisotopic (exact) mass is 409 g/mol. The van der Waals surface area contributed by atoms with Crippen LogP contribution in [0.15, 0.2) is 59.5 Å². The number of carbonyl (C=O) groups excluding carboxylic acids is 1. The van der Waals surface area contributed by atoms with Gasteiger partial charge in [-0.15, -0.1) is 0 Å². The maximum absolute atomic E-state index is 12.1. The van der Waals surface area contributed by atoms with E-state index in [9.17, 15) is 23.3 Å². The van der Waals surface area contributed by atoms with Gasteiger partial charge in [-0.2, -0.15) is 0 Å². The normalized spacial score (nSPS) is 11.4. The van der Waals surface area contributed by atoms with Gasteiger partial charge in [-0.3, -0.25) is 14.9 Å². The van der Waals surface area contributed by atoms with Gasteiger partial charge in [0.2, 0.25) is 15.9 Å². The zero-order chi connectivity index (χ0) is 19.9. The van der Waals surface area contributed by atoms with E-state index >= 15 is 0 Å². The first-order chi connectivity index (χ1) is 12.8. The van der Waals surface area contributed by atoms with Crippen molar-refractivity contribution in [2.75, 3.05) is 13.1 Å². The lowest BCUT2D eigenvalue weighted by molar-refractivity contribution is -0.385. The predicted molar refractivity (Wildman–Crippen MR) is 102 cm³/mol. The molecule has 0 heterocycles. The summed E-state index contributed by atoms with van der Waals surface area (Å²) in [7, 11) is -3.91. The van der Waals surface area contributed by atoms with Crippen molar-refractivity contribution in [3.63, 3.8) is 0 Å². The highest BCUT2D eigenvalue weighted by molar-refractivity contribution is 7.89. The van der Waals surface area contributed by atoms with Crippen LogP contribution < -0.4 is 10.0 Å². The van der Waals surface area contributed by atoms with E-state index in [0.717, 1.165) is 11.6 Å². The number of non-ortho nitro benzene ring substituents is 1. The summed E-state index contributed by atoms with van der Waals surface area (Å²) in [5.41, 5.74) is 0.472. The number of nitro benzene ring substituents is 1. The van der Waals surface area contributed by atoms with Crippen LogP contribution in [-0.4, -0.2) is 32.3 Å². The van der Waals surface area contributed by atoms with Crippen molar-refractivity contribution in [3.05, 3.63) is 75.3 Å². The second-order valence-electron chi connectivity index (χ2n) is 5.33. The van der Waals surface area contributed by atoms with Crippen LogP contribution in [0, 0.1) is 10.1 Å². The highest BCUT2D eigenvalue weighted by Crippen LogP contribution is 2.16. The van der Waals surface area contributed by atoms with Crippen LogP contribution in [0.3, 0.4) is 0 Å². The number of benzene rings is 2. The van der Waals surface area contributed by atoms with E-state index in [-0.39, 0.29) is 29.6 Å². The molecule has 0 aliphatic rings. The smallest absolute Gasteiger partial charge is 0.270 e. The molecule has 0 aliphatic carbocycles. The van der Waals surface area contributed by atoms with E-state index in [1.54, 1.807) is 30.3 Å². The molecular weight excluding hydrogens is 394 g/mol. The third kappa shape index (κ3) is 6.48. The molecule has 0 bridgehead atoms. The van der Waals surface area contributed by atoms with Gasteiger partial charge in [0, 0.05) is 36.3 Å². The molecule has 0 unspecified atom stereocenters. The fraction of sp³-hybridized carbons (Fsp3) is 0.118. The number of sulfonamides is 1. The minimum atomic E-state index is -3.91. The van der Waals surface area contributed by atoms with E-state index in [1.165, 1.54) is 24.3 Å². The van der Waals surface area contributed by atoms with E-state index in [4.69, 9.17) is 11.6 Å². The number of rotatable bonds is 8. The fourth-order valence-corrected chi connectivity index (χ4v) is 3.22. The summed E-state index contributed by atoms with van der Waals surface area (Å²) in [5, 5.41) is 13.8. The Kier molecular flexibility index (Phi) is 7.05. The molecule has 142 valence electrons. The number of halogens is 1. The summed E-state index contributed by atoms with van der Waals surface area (Å²) < 4.78 is 26.5. The van der Waals surface area contributed by atoms with Gasteiger partial charge in [0.15, 0.2) is 0 Å². The summed E-state index contributed by atoms with van der Waals surface area (Å²) in [6.45, 7) is -0.0104. The Morgan fingerprint density at radius 1 is 1.15 bits per heavy atom. The van der Waals surface area contributed by atoms with Gasteiger partial charge in [0.05, 0.1) is 9.82 Å². The number of amides is 1. The fourth-order valence-electron chi connectivity index (χ4n) is 2.02. The molecule has 1 amide bonds. The highest BCUT2D eigenvalue weighted by atomic mass is 35.5. The Morgan fingerprint density at radius 3 is 2.52 bits per heavy atom. The van der Waals surface area contributed by atoms with Gasteiger partial charge >= 0.3 is 0 Å². The Morgan fingerprint density at radius 2 is 1.85 bits per heavy atom. The molecule has 0 spiro atoms. The van der Waals surface area contributed by atoms with Gasteiger partial charge in [-0.1, -0.05) is 29.8 Å². The summed E-state index contributed by atoms with van der Waals surface area (Å²) in [6, 6.07) is 11.6. The van der Waals surface area contributed by atoms with Crippen LogP contribution in [0.25, 0.3) is 6.08 Å². The van der Waals surface area contributed by atoms with Crippen LogP contribution in [0.1, 0.15) is 5.56 Å².